The van der Waals surface area contributed by atoms with E-state index in [1.54, 1.807) is 55.9 Å². The van der Waals surface area contributed by atoms with Gasteiger partial charge in [0.25, 0.3) is 0 Å². The van der Waals surface area contributed by atoms with Gasteiger partial charge >= 0.3 is 6.09 Å². The number of benzene rings is 1. The van der Waals surface area contributed by atoms with Crippen LogP contribution in [0.5, 0.6) is 0 Å². The molecule has 1 heterocycles. The minimum atomic E-state index is -2.44. The molecule has 2 rings (SSSR count). The van der Waals surface area contributed by atoms with Gasteiger partial charge in [-0.25, -0.2) is 4.79 Å². The monoisotopic (exact) mass is 864 g/mol. The second kappa shape index (κ2) is 24.2. The van der Waals surface area contributed by atoms with E-state index in [1.165, 1.54) is 26.2 Å². The number of nitrogens with zero attached hydrogens (tertiary/aromatic N) is 3. The lowest BCUT2D eigenvalue weighted by molar-refractivity contribution is -0.148. The number of rotatable bonds is 23. The Labute approximate surface area is 360 Å². The lowest BCUT2D eigenvalue weighted by Gasteiger charge is -2.41. The average Bonchev–Trinajstić information content (AvgIpc) is 3.68. The SMILES string of the molecule is CC[C@H](C)[C@@H]([C@@H](CC(=O)N1CCC[C@H]1[C@@H](OC)[C@@H](C)C(=O)N[C@H](C)[C@@H](O)c1ccccc1)OC)N(C)C(=O)[C@@H](NC(=O)[C@H](C(C)C)N(C)C(=O)OCC[Si](C)(C)O)C(C)C. The third-order valence-corrected chi connectivity index (χ3v) is 13.4. The van der Waals surface area contributed by atoms with E-state index in [9.17, 15) is 33.9 Å². The lowest BCUT2D eigenvalue weighted by atomic mass is 9.89. The molecule has 15 nitrogen and oxygen atoms in total. The fourth-order valence-electron chi connectivity index (χ4n) is 8.18. The van der Waals surface area contributed by atoms with Gasteiger partial charge in [0.05, 0.1) is 55.4 Å². The molecule has 0 unspecified atom stereocenters. The number of aliphatic hydroxyl groups is 1. The summed E-state index contributed by atoms with van der Waals surface area (Å²) >= 11 is 0. The fourth-order valence-corrected chi connectivity index (χ4v) is 8.78. The topological polar surface area (TPSA) is 187 Å². The van der Waals surface area contributed by atoms with Crippen LogP contribution in [0.3, 0.4) is 0 Å². The first-order chi connectivity index (χ1) is 28.0. The van der Waals surface area contributed by atoms with E-state index >= 15 is 0 Å². The fraction of sp³-hybridized carbons (Fsp3) is 0.750. The molecule has 1 aliphatic heterocycles. The van der Waals surface area contributed by atoms with Crippen LogP contribution < -0.4 is 10.6 Å². The number of hydrogen-bond acceptors (Lipinski definition) is 10. The molecule has 0 spiro atoms. The quantitative estimate of drug-likeness (QED) is 0.114. The van der Waals surface area contributed by atoms with Crippen LogP contribution in [0.25, 0.3) is 0 Å². The molecule has 1 aromatic rings. The van der Waals surface area contributed by atoms with Crippen LogP contribution in [0.15, 0.2) is 30.3 Å². The number of hydrogen-bond donors (Lipinski definition) is 4. The summed E-state index contributed by atoms with van der Waals surface area (Å²) in [5.74, 6) is -2.72. The summed E-state index contributed by atoms with van der Waals surface area (Å²) in [6.45, 7) is 18.8. The summed E-state index contributed by atoms with van der Waals surface area (Å²) in [7, 11) is 3.77. The third-order valence-electron chi connectivity index (χ3n) is 12.0. The van der Waals surface area contributed by atoms with Crippen LogP contribution in [-0.2, 0) is 33.4 Å². The van der Waals surface area contributed by atoms with Crippen LogP contribution in [-0.4, -0.2) is 147 Å². The van der Waals surface area contributed by atoms with Crippen molar-refractivity contribution in [2.75, 3.05) is 41.5 Å². The predicted molar refractivity (Wildman–Crippen MR) is 234 cm³/mol. The Kier molecular flexibility index (Phi) is 21.2. The summed E-state index contributed by atoms with van der Waals surface area (Å²) in [4.78, 5) is 83.9. The zero-order valence-corrected chi connectivity index (χ0v) is 39.8. The molecular weight excluding hydrogens is 787 g/mol. The van der Waals surface area contributed by atoms with Crippen molar-refractivity contribution in [3.05, 3.63) is 35.9 Å². The highest BCUT2D eigenvalue weighted by atomic mass is 28.4. The Morgan fingerprint density at radius 3 is 2.03 bits per heavy atom. The van der Waals surface area contributed by atoms with Crippen LogP contribution >= 0.6 is 0 Å². The van der Waals surface area contributed by atoms with Crippen LogP contribution in [0.1, 0.15) is 92.7 Å². The van der Waals surface area contributed by atoms with Gasteiger partial charge in [0.1, 0.15) is 12.1 Å². The van der Waals surface area contributed by atoms with E-state index in [-0.39, 0.29) is 54.5 Å². The number of carbonyl (C=O) groups excluding carboxylic acids is 5. The van der Waals surface area contributed by atoms with Crippen molar-refractivity contribution in [1.82, 2.24) is 25.3 Å². The predicted octanol–water partition coefficient (Wildman–Crippen LogP) is 4.58. The van der Waals surface area contributed by atoms with Gasteiger partial charge in [0.15, 0.2) is 8.32 Å². The molecule has 0 bridgehead atoms. The van der Waals surface area contributed by atoms with Crippen molar-refractivity contribution in [2.45, 2.75) is 149 Å². The van der Waals surface area contributed by atoms with E-state index in [0.29, 0.717) is 31.0 Å². The zero-order valence-electron chi connectivity index (χ0n) is 38.8. The second-order valence-electron chi connectivity index (χ2n) is 17.9. The number of nitrogens with one attached hydrogen (secondary N) is 2. The molecule has 10 atom stereocenters. The van der Waals surface area contributed by atoms with Crippen molar-refractivity contribution in [1.29, 1.82) is 0 Å². The molecular formula is C44H77N5O10Si. The Morgan fingerprint density at radius 1 is 0.900 bits per heavy atom. The van der Waals surface area contributed by atoms with Gasteiger partial charge in [-0.3, -0.25) is 24.1 Å². The largest absolute Gasteiger partial charge is 0.450 e. The molecule has 1 aromatic carbocycles. The summed E-state index contributed by atoms with van der Waals surface area (Å²) in [6.07, 6.45) is -0.917. The number of aliphatic hydroxyl groups excluding tert-OH is 1. The number of carbonyl (C=O) groups is 5. The number of likely N-dealkylation sites (N-methyl/N-ethyl adjacent to an activating group) is 2. The highest BCUT2D eigenvalue weighted by Crippen LogP contribution is 2.30. The maximum absolute atomic E-state index is 14.5. The maximum atomic E-state index is 14.5. The van der Waals surface area contributed by atoms with E-state index in [2.05, 4.69) is 10.6 Å². The van der Waals surface area contributed by atoms with Crippen molar-refractivity contribution in [3.8, 4) is 0 Å². The molecule has 0 aliphatic carbocycles. The van der Waals surface area contributed by atoms with Gasteiger partial charge in [-0.05, 0) is 56.2 Å². The van der Waals surface area contributed by atoms with E-state index < -0.39 is 68.7 Å². The summed E-state index contributed by atoms with van der Waals surface area (Å²) in [5.41, 5.74) is 0.692. The van der Waals surface area contributed by atoms with E-state index in [0.717, 1.165) is 6.42 Å². The molecule has 60 heavy (non-hydrogen) atoms. The number of methoxy groups -OCH3 is 2. The molecule has 0 aromatic heterocycles. The Bertz CT molecular complexity index is 1530. The van der Waals surface area contributed by atoms with Crippen molar-refractivity contribution < 1.29 is 48.1 Å². The van der Waals surface area contributed by atoms with Crippen molar-refractivity contribution in [2.24, 2.45) is 23.7 Å². The normalized spacial score (nSPS) is 19.0. The molecule has 16 heteroatoms. The smallest absolute Gasteiger partial charge is 0.410 e. The summed E-state index contributed by atoms with van der Waals surface area (Å²) < 4.78 is 17.3. The zero-order chi connectivity index (χ0) is 45.6. The third kappa shape index (κ3) is 14.5. The molecule has 4 N–H and O–H groups in total. The maximum Gasteiger partial charge on any atom is 0.410 e. The average molecular weight is 864 g/mol. The first kappa shape index (κ1) is 52.6. The molecule has 1 saturated heterocycles. The van der Waals surface area contributed by atoms with E-state index in [1.807, 2.05) is 59.7 Å². The standard InChI is InChI=1S/C44H77N5O10Si/c1-15-29(6)38(47(9)43(54)36(27(2)3)46-42(53)37(28(4)5)48(10)44(55)59-24-25-60(13,14)56)34(57-11)26-35(50)49-23-19-22-33(49)40(58-12)30(7)41(52)45-31(8)39(51)32-20-17-16-18-21-32/h16-18,20-21,27-31,33-34,36-40,51,56H,15,19,22-26H2,1-14H3,(H,45,52)(H,46,53)/t29-,30+,31+,33-,34+,36-,37-,38-,39+,40-/m0/s1. The highest BCUT2D eigenvalue weighted by Gasteiger charge is 2.43. The summed E-state index contributed by atoms with van der Waals surface area (Å²) in [5, 5.41) is 16.7. The number of amides is 5. The Balaban J connectivity index is 2.26. The molecule has 1 fully saturated rings. The minimum Gasteiger partial charge on any atom is -0.450 e. The second-order valence-corrected chi connectivity index (χ2v) is 22.1. The summed E-state index contributed by atoms with van der Waals surface area (Å²) in [6, 6.07) is 6.10. The van der Waals surface area contributed by atoms with Crippen LogP contribution in [0.4, 0.5) is 4.79 Å². The highest BCUT2D eigenvalue weighted by molar-refractivity contribution is 6.69. The van der Waals surface area contributed by atoms with Gasteiger partial charge in [-0.1, -0.05) is 85.2 Å². The van der Waals surface area contributed by atoms with Crippen molar-refractivity contribution >= 4 is 38.0 Å². The molecule has 0 radical (unpaired) electrons. The Hall–Kier alpha value is -3.57. The van der Waals surface area contributed by atoms with E-state index in [4.69, 9.17) is 14.2 Å². The first-order valence-corrected chi connectivity index (χ1v) is 24.7. The van der Waals surface area contributed by atoms with Gasteiger partial charge in [0, 0.05) is 40.9 Å². The Morgan fingerprint density at radius 2 is 1.52 bits per heavy atom. The molecule has 342 valence electrons. The van der Waals surface area contributed by atoms with Gasteiger partial charge < -0.3 is 44.5 Å². The number of likely N-dealkylation sites (tertiary alicyclic amines) is 1. The van der Waals surface area contributed by atoms with Crippen LogP contribution in [0.2, 0.25) is 19.1 Å². The first-order valence-electron chi connectivity index (χ1n) is 21.6. The molecule has 1 aliphatic rings. The molecule has 0 saturated carbocycles. The number of ether oxygens (including phenoxy) is 3. The van der Waals surface area contributed by atoms with Gasteiger partial charge in [0.2, 0.25) is 23.6 Å². The van der Waals surface area contributed by atoms with Gasteiger partial charge in [-0.2, -0.15) is 0 Å². The van der Waals surface area contributed by atoms with Crippen molar-refractivity contribution in [3.63, 3.8) is 0 Å². The minimum absolute atomic E-state index is 0.0335. The molecule has 5 amide bonds. The van der Waals surface area contributed by atoms with Crippen LogP contribution in [0, 0.1) is 23.7 Å². The van der Waals surface area contributed by atoms with Gasteiger partial charge in [-0.15, -0.1) is 0 Å². The lowest BCUT2D eigenvalue weighted by Crippen LogP contribution is -2.60.